The molecule has 12 rings (SSSR count). The molecule has 17 N–H and O–H groups in total. The van der Waals surface area contributed by atoms with E-state index in [1.807, 2.05) is 138 Å². The van der Waals surface area contributed by atoms with Gasteiger partial charge in [-0.1, -0.05) is 91.0 Å². The number of rotatable bonds is 30. The lowest BCUT2D eigenvalue weighted by Crippen LogP contribution is -2.28. The summed E-state index contributed by atoms with van der Waals surface area (Å²) >= 11 is 0. The van der Waals surface area contributed by atoms with Crippen LogP contribution in [-0.4, -0.2) is 135 Å². The number of nitrogens with one attached hydrogen (secondary N) is 16. The maximum absolute atomic E-state index is 13.2. The molecular weight excluding hydrogens is 1610 g/mol. The van der Waals surface area contributed by atoms with E-state index in [0.717, 1.165) is 28.1 Å². The van der Waals surface area contributed by atoms with Crippen LogP contribution in [0.25, 0.3) is 0 Å². The van der Waals surface area contributed by atoms with E-state index >= 15 is 0 Å². The highest BCUT2D eigenvalue weighted by Gasteiger charge is 2.29. The number of methoxy groups -OCH3 is 1. The molecule has 12 aromatic rings. The van der Waals surface area contributed by atoms with E-state index < -0.39 is 23.4 Å². The Kier molecular flexibility index (Phi) is 35.6. The highest BCUT2D eigenvalue weighted by atomic mass is 16.5. The smallest absolute Gasteiger partial charge is 0.320 e. The number of amides is 12. The Morgan fingerprint density at radius 1 is 0.349 bits per heavy atom. The summed E-state index contributed by atoms with van der Waals surface area (Å²) in [5, 5.41) is 54.1. The number of aliphatic hydroxyl groups excluding tert-OH is 1. The van der Waals surface area contributed by atoms with Gasteiger partial charge in [-0.25, -0.2) is 39.1 Å². The number of anilines is 15. The van der Waals surface area contributed by atoms with Gasteiger partial charge in [0.2, 0.25) is 0 Å². The summed E-state index contributed by atoms with van der Waals surface area (Å²) in [4.78, 5) is 148. The standard InChI is InChI=1S/C27H31N5O4.C22H23N7O3.C22H22N4O2.C21H22N6O3/c1-5-28-26(35)32-23-15-22(30-19-9-7-6-8-10-19)21(17-29-23)24(33)31-20-13-11-18(12-14-20)16-27(2,3)25(34)36-4;1-3-25-22(32)29-19-11-18(27-15-8-6-14(7-9-15)20(30)23-2)17(13-26-19)21(31)28-16-5-4-10-24-12-16;1-2-23-22(28)26-21-14-19(25-17-11-7-4-8-12-17)18(15-24-21)20(27)13-16-9-5-3-6-10-16;1-2-23-21(30)27-19-10-18(25-15-7-5-14(13-28)6-8-15)17(12-24-19)20(29)26-16-4-3-9-22-11-16/h6-15,17H,5,16H2,1-4H3,(H,31,33)(H3,28,29,30,32,35);4-13H,3H2,1-2H3,(H,23,30)(H,28,31)(H3,25,26,27,29,32);3-12,14-15H,2,13H2,1H3,(H3,23,24,25,26,28);3-12,28H,2,13H2,1H3,(H,26,29)(H3,23,24,25,27,30). The number of aliphatic hydroxyl groups is 1. The molecule has 648 valence electrons. The Labute approximate surface area is 727 Å². The number of carbonyl (C=O) groups is 10. The largest absolute Gasteiger partial charge is 0.469 e. The topological polar surface area (TPSA) is 470 Å². The number of carbonyl (C=O) groups excluding carboxylic acids is 10. The third kappa shape index (κ3) is 29.7. The molecule has 0 spiro atoms. The Balaban J connectivity index is 0.000000191. The van der Waals surface area contributed by atoms with Crippen molar-refractivity contribution in [3.63, 3.8) is 0 Å². The summed E-state index contributed by atoms with van der Waals surface area (Å²) in [5.41, 5.74) is 10.4. The fourth-order valence-electron chi connectivity index (χ4n) is 11.7. The van der Waals surface area contributed by atoms with Crippen molar-refractivity contribution in [2.75, 3.05) is 98.8 Å². The van der Waals surface area contributed by atoms with Gasteiger partial charge in [-0.2, -0.15) is 0 Å². The first-order valence-corrected chi connectivity index (χ1v) is 39.8. The number of nitrogens with zero attached hydrogens (tertiary/aromatic N) is 6. The minimum Gasteiger partial charge on any atom is -0.469 e. The first-order valence-electron chi connectivity index (χ1n) is 39.8. The SMILES string of the molecule is CCNC(=O)Nc1cc(Nc2ccc(C(=O)NC)cc2)c(C(=O)Nc2cccnc2)cn1.CCNC(=O)Nc1cc(Nc2ccc(CO)cc2)c(C(=O)Nc2cccnc2)cn1.CCNC(=O)Nc1cc(Nc2ccccc2)c(C(=O)Cc2ccccc2)cn1.CCNC(=O)Nc1cc(Nc2ccccc2)c(C(=O)Nc2ccc(CC(C)(C)C(=O)OC)cc2)cn1. The van der Waals surface area contributed by atoms with Crippen molar-refractivity contribution in [1.82, 2.24) is 56.5 Å². The lowest BCUT2D eigenvalue weighted by atomic mass is 9.86. The Bertz CT molecular complexity index is 5660. The first-order chi connectivity index (χ1) is 60.9. The average Bonchev–Trinajstić information content (AvgIpc) is 0.833. The number of Topliss-reactive ketones (excluding diaryl/α,β-unsaturated/α-hetero) is 1. The molecule has 34 nitrogen and oxygen atoms in total. The number of ether oxygens (including phenoxy) is 1. The first kappa shape index (κ1) is 93.3. The van der Waals surface area contributed by atoms with Crippen molar-refractivity contribution < 1.29 is 57.8 Å². The van der Waals surface area contributed by atoms with Gasteiger partial charge in [-0.3, -0.25) is 60.0 Å². The molecule has 0 saturated heterocycles. The molecule has 6 aromatic carbocycles. The van der Waals surface area contributed by atoms with Gasteiger partial charge >= 0.3 is 30.1 Å². The van der Waals surface area contributed by atoms with E-state index in [-0.39, 0.29) is 77.3 Å². The van der Waals surface area contributed by atoms with E-state index in [0.29, 0.717) is 112 Å². The fourth-order valence-corrected chi connectivity index (χ4v) is 11.7. The number of pyridine rings is 6. The molecule has 0 aliphatic carbocycles. The number of hydrogen-bond acceptors (Lipinski definition) is 22. The van der Waals surface area contributed by atoms with Crippen molar-refractivity contribution in [1.29, 1.82) is 0 Å². The van der Waals surface area contributed by atoms with E-state index in [1.165, 1.54) is 44.3 Å². The highest BCUT2D eigenvalue weighted by molar-refractivity contribution is 6.11. The van der Waals surface area contributed by atoms with Crippen LogP contribution in [0.4, 0.5) is 105 Å². The van der Waals surface area contributed by atoms with Crippen molar-refractivity contribution in [3.8, 4) is 0 Å². The van der Waals surface area contributed by atoms with E-state index in [2.05, 4.69) is 115 Å². The Morgan fingerprint density at radius 3 is 1.02 bits per heavy atom. The van der Waals surface area contributed by atoms with Gasteiger partial charge in [0.15, 0.2) is 5.78 Å². The summed E-state index contributed by atoms with van der Waals surface area (Å²) in [6, 6.07) is 61.4. The van der Waals surface area contributed by atoms with Gasteiger partial charge < -0.3 is 73.6 Å². The molecule has 0 atom stereocenters. The Hall–Kier alpha value is -16.5. The lowest BCUT2D eigenvalue weighted by Gasteiger charge is -2.21. The number of aromatic nitrogens is 6. The second-order valence-electron chi connectivity index (χ2n) is 27.8. The molecule has 0 bridgehead atoms. The van der Waals surface area contributed by atoms with E-state index in [1.54, 1.807) is 136 Å². The van der Waals surface area contributed by atoms with Gasteiger partial charge in [-0.05, 0) is 162 Å². The zero-order chi connectivity index (χ0) is 90.2. The van der Waals surface area contributed by atoms with Crippen LogP contribution in [0.1, 0.15) is 110 Å². The predicted octanol–water partition coefficient (Wildman–Crippen LogP) is 15.4. The zero-order valence-corrected chi connectivity index (χ0v) is 70.4. The molecular formula is C92H98N22O12. The van der Waals surface area contributed by atoms with Crippen LogP contribution in [0.15, 0.2) is 262 Å². The van der Waals surface area contributed by atoms with Crippen molar-refractivity contribution in [2.24, 2.45) is 5.41 Å². The maximum atomic E-state index is 13.2. The predicted molar refractivity (Wildman–Crippen MR) is 489 cm³/mol. The van der Waals surface area contributed by atoms with Gasteiger partial charge in [0, 0.05) is 135 Å². The van der Waals surface area contributed by atoms with Gasteiger partial charge in [0.25, 0.3) is 23.6 Å². The van der Waals surface area contributed by atoms with Crippen LogP contribution < -0.4 is 85.1 Å². The molecule has 6 heterocycles. The third-order valence-corrected chi connectivity index (χ3v) is 17.8. The van der Waals surface area contributed by atoms with Gasteiger partial charge in [0.05, 0.1) is 87.9 Å². The van der Waals surface area contributed by atoms with Crippen molar-refractivity contribution in [3.05, 3.63) is 306 Å². The van der Waals surface area contributed by atoms with Gasteiger partial charge in [0.1, 0.15) is 23.3 Å². The van der Waals surface area contributed by atoms with Crippen molar-refractivity contribution in [2.45, 2.75) is 61.0 Å². The second-order valence-corrected chi connectivity index (χ2v) is 27.8. The summed E-state index contributed by atoms with van der Waals surface area (Å²) in [7, 11) is 2.93. The van der Waals surface area contributed by atoms with Gasteiger partial charge in [-0.15, -0.1) is 0 Å². The van der Waals surface area contributed by atoms with E-state index in [4.69, 9.17) is 4.74 Å². The third-order valence-electron chi connectivity index (χ3n) is 17.8. The molecule has 0 aliphatic rings. The van der Waals surface area contributed by atoms with Crippen LogP contribution in [-0.2, 0) is 29.0 Å². The fraction of sp³-hybridized carbons (Fsp3) is 0.174. The molecule has 0 unspecified atom stereocenters. The van der Waals surface area contributed by atoms with Crippen LogP contribution in [0.3, 0.4) is 0 Å². The molecule has 0 radical (unpaired) electrons. The van der Waals surface area contributed by atoms with Crippen LogP contribution in [0.2, 0.25) is 0 Å². The average molecular weight is 1700 g/mol. The molecule has 126 heavy (non-hydrogen) atoms. The number of benzene rings is 6. The normalized spacial score (nSPS) is 10.3. The zero-order valence-electron chi connectivity index (χ0n) is 70.4. The molecule has 0 fully saturated rings. The van der Waals surface area contributed by atoms with Crippen LogP contribution >= 0.6 is 0 Å². The summed E-state index contributed by atoms with van der Waals surface area (Å²) in [6.07, 6.45) is 12.7. The summed E-state index contributed by atoms with van der Waals surface area (Å²) in [5.74, 6) is -0.480. The molecule has 6 aromatic heterocycles. The summed E-state index contributed by atoms with van der Waals surface area (Å²) in [6.45, 7) is 12.8. The summed E-state index contributed by atoms with van der Waals surface area (Å²) < 4.78 is 4.87. The van der Waals surface area contributed by atoms with Crippen LogP contribution in [0, 0.1) is 5.41 Å². The number of hydrogen-bond donors (Lipinski definition) is 17. The Morgan fingerprint density at radius 2 is 0.675 bits per heavy atom. The number of ketones is 1. The highest BCUT2D eigenvalue weighted by Crippen LogP contribution is 2.31. The van der Waals surface area contributed by atoms with E-state index in [9.17, 15) is 53.1 Å². The van der Waals surface area contributed by atoms with Crippen molar-refractivity contribution >= 4 is 145 Å². The molecule has 0 aliphatic heterocycles. The molecule has 34 heteroatoms. The quantitative estimate of drug-likeness (QED) is 0.0147. The maximum Gasteiger partial charge on any atom is 0.320 e. The number of para-hydroxylation sites is 2. The monoisotopic (exact) mass is 1700 g/mol. The minimum absolute atomic E-state index is 0.0540. The minimum atomic E-state index is -0.660. The second kappa shape index (κ2) is 48.1. The molecule has 12 amide bonds. The van der Waals surface area contributed by atoms with Crippen LogP contribution in [0.5, 0.6) is 0 Å². The number of esters is 1. The lowest BCUT2D eigenvalue weighted by molar-refractivity contribution is -0.150. The molecule has 0 saturated carbocycles. The number of urea groups is 4.